The number of benzene rings is 1. The van der Waals surface area contributed by atoms with E-state index < -0.39 is 0 Å². The number of thioether (sulfide) groups is 1. The van der Waals surface area contributed by atoms with E-state index in [0.29, 0.717) is 11.4 Å². The summed E-state index contributed by atoms with van der Waals surface area (Å²) in [6, 6.07) is 7.28. The molecule has 7 nitrogen and oxygen atoms in total. The van der Waals surface area contributed by atoms with Gasteiger partial charge in [-0.1, -0.05) is 43.5 Å². The molecular weight excluding hydrogens is 432 g/mol. The Labute approximate surface area is 190 Å². The van der Waals surface area contributed by atoms with Gasteiger partial charge in [0.25, 0.3) is 0 Å². The van der Waals surface area contributed by atoms with Crippen LogP contribution in [0, 0.1) is 0 Å². The van der Waals surface area contributed by atoms with E-state index in [9.17, 15) is 14.4 Å². The van der Waals surface area contributed by atoms with Crippen molar-refractivity contribution in [3.63, 3.8) is 0 Å². The van der Waals surface area contributed by atoms with Crippen LogP contribution in [0.3, 0.4) is 0 Å². The van der Waals surface area contributed by atoms with Crippen LogP contribution in [0.1, 0.15) is 51.1 Å². The number of amides is 3. The van der Waals surface area contributed by atoms with Crippen molar-refractivity contribution in [3.05, 3.63) is 35.3 Å². The Morgan fingerprint density at radius 3 is 2.48 bits per heavy atom. The molecule has 0 unspecified atom stereocenters. The summed E-state index contributed by atoms with van der Waals surface area (Å²) in [6.07, 6.45) is 7.28. The first kappa shape index (κ1) is 23.3. The SMILES string of the molecule is CC(=O)Nc1cccc(NC(=O)CSc2nc(CC(=O)NC3CCCCCC3)cs2)c1. The Balaban J connectivity index is 1.42. The fourth-order valence-electron chi connectivity index (χ4n) is 3.51. The van der Waals surface area contributed by atoms with Gasteiger partial charge in [0.05, 0.1) is 17.9 Å². The van der Waals surface area contributed by atoms with E-state index in [2.05, 4.69) is 20.9 Å². The molecule has 0 atom stereocenters. The molecule has 0 bridgehead atoms. The van der Waals surface area contributed by atoms with Gasteiger partial charge < -0.3 is 16.0 Å². The van der Waals surface area contributed by atoms with Crippen molar-refractivity contribution in [1.29, 1.82) is 0 Å². The second-order valence-corrected chi connectivity index (χ2v) is 9.72. The molecular formula is C22H28N4O3S2. The molecule has 2 aromatic rings. The number of hydrogen-bond acceptors (Lipinski definition) is 6. The van der Waals surface area contributed by atoms with Crippen LogP contribution < -0.4 is 16.0 Å². The summed E-state index contributed by atoms with van der Waals surface area (Å²) in [5.74, 6) is -0.0918. The van der Waals surface area contributed by atoms with Crippen LogP contribution in [0.25, 0.3) is 0 Å². The van der Waals surface area contributed by atoms with Crippen molar-refractivity contribution in [1.82, 2.24) is 10.3 Å². The topological polar surface area (TPSA) is 100 Å². The van der Waals surface area contributed by atoms with Crippen molar-refractivity contribution in [2.45, 2.75) is 62.3 Å². The van der Waals surface area contributed by atoms with Crippen LogP contribution >= 0.6 is 23.1 Å². The van der Waals surface area contributed by atoms with Gasteiger partial charge in [0, 0.05) is 29.7 Å². The predicted octanol–water partition coefficient (Wildman–Crippen LogP) is 4.21. The molecule has 0 radical (unpaired) electrons. The van der Waals surface area contributed by atoms with E-state index in [-0.39, 0.29) is 35.9 Å². The summed E-state index contributed by atoms with van der Waals surface area (Å²) in [5.41, 5.74) is 1.98. The molecule has 1 fully saturated rings. The fraction of sp³-hybridized carbons (Fsp3) is 0.455. The maximum atomic E-state index is 12.3. The largest absolute Gasteiger partial charge is 0.353 e. The van der Waals surface area contributed by atoms with Gasteiger partial charge in [0.15, 0.2) is 4.34 Å². The molecule has 1 aromatic carbocycles. The number of carbonyl (C=O) groups excluding carboxylic acids is 3. The second-order valence-electron chi connectivity index (χ2n) is 7.64. The lowest BCUT2D eigenvalue weighted by molar-refractivity contribution is -0.121. The van der Waals surface area contributed by atoms with E-state index in [1.807, 2.05) is 5.38 Å². The van der Waals surface area contributed by atoms with Crippen LogP contribution in [0.5, 0.6) is 0 Å². The first-order chi connectivity index (χ1) is 15.0. The standard InChI is InChI=1S/C22H28N4O3S2/c1-15(27)23-17-9-6-10-18(11-17)25-21(29)14-31-22-26-19(13-30-22)12-20(28)24-16-7-4-2-3-5-8-16/h6,9-11,13,16H,2-5,7-8,12,14H2,1H3,(H,23,27)(H,24,28)(H,25,29). The fourth-order valence-corrected chi connectivity index (χ4v) is 5.15. The molecule has 31 heavy (non-hydrogen) atoms. The maximum absolute atomic E-state index is 12.3. The third-order valence-electron chi connectivity index (χ3n) is 4.89. The van der Waals surface area contributed by atoms with Crippen LogP contribution in [-0.4, -0.2) is 34.5 Å². The van der Waals surface area contributed by atoms with Crippen molar-refractivity contribution in [2.24, 2.45) is 0 Å². The highest BCUT2D eigenvalue weighted by Gasteiger charge is 2.16. The van der Waals surface area contributed by atoms with E-state index in [1.54, 1.807) is 24.3 Å². The van der Waals surface area contributed by atoms with Gasteiger partial charge in [-0.05, 0) is 31.0 Å². The van der Waals surface area contributed by atoms with E-state index in [1.165, 1.54) is 55.7 Å². The first-order valence-electron chi connectivity index (χ1n) is 10.5. The van der Waals surface area contributed by atoms with E-state index >= 15 is 0 Å². The summed E-state index contributed by atoms with van der Waals surface area (Å²) in [7, 11) is 0. The molecule has 1 aromatic heterocycles. The summed E-state index contributed by atoms with van der Waals surface area (Å²) in [4.78, 5) is 40.2. The van der Waals surface area contributed by atoms with Gasteiger partial charge >= 0.3 is 0 Å². The predicted molar refractivity (Wildman–Crippen MR) is 126 cm³/mol. The summed E-state index contributed by atoms with van der Waals surface area (Å²) in [5, 5.41) is 10.5. The zero-order valence-corrected chi connectivity index (χ0v) is 19.2. The van der Waals surface area contributed by atoms with E-state index in [0.717, 1.165) is 22.9 Å². The van der Waals surface area contributed by atoms with Crippen molar-refractivity contribution in [2.75, 3.05) is 16.4 Å². The molecule has 0 spiro atoms. The first-order valence-corrected chi connectivity index (χ1v) is 12.4. The number of carbonyl (C=O) groups is 3. The molecule has 1 aliphatic rings. The quantitative estimate of drug-likeness (QED) is 0.405. The maximum Gasteiger partial charge on any atom is 0.234 e. The van der Waals surface area contributed by atoms with Gasteiger partial charge in [-0.15, -0.1) is 11.3 Å². The number of anilines is 2. The third kappa shape index (κ3) is 8.34. The minimum atomic E-state index is -0.165. The van der Waals surface area contributed by atoms with E-state index in [4.69, 9.17) is 0 Å². The average molecular weight is 461 g/mol. The molecule has 3 amide bonds. The molecule has 3 N–H and O–H groups in total. The Hall–Kier alpha value is -2.39. The van der Waals surface area contributed by atoms with Crippen LogP contribution in [-0.2, 0) is 20.8 Å². The normalized spacial score (nSPS) is 14.5. The Morgan fingerprint density at radius 2 is 1.77 bits per heavy atom. The lowest BCUT2D eigenvalue weighted by atomic mass is 10.1. The van der Waals surface area contributed by atoms with Gasteiger partial charge in [-0.2, -0.15) is 0 Å². The van der Waals surface area contributed by atoms with Crippen molar-refractivity contribution >= 4 is 52.2 Å². The number of rotatable bonds is 8. The third-order valence-corrected chi connectivity index (χ3v) is 6.96. The summed E-state index contributed by atoms with van der Waals surface area (Å²) in [6.45, 7) is 1.44. The molecule has 0 saturated heterocycles. The highest BCUT2D eigenvalue weighted by atomic mass is 32.2. The number of thiazole rings is 1. The second kappa shape index (κ2) is 11.9. The zero-order chi connectivity index (χ0) is 22.1. The molecule has 0 aliphatic heterocycles. The monoisotopic (exact) mass is 460 g/mol. The number of nitrogens with zero attached hydrogens (tertiary/aromatic N) is 1. The van der Waals surface area contributed by atoms with Crippen LogP contribution in [0.4, 0.5) is 11.4 Å². The molecule has 1 saturated carbocycles. The van der Waals surface area contributed by atoms with Gasteiger partial charge in [0.1, 0.15) is 0 Å². The highest BCUT2D eigenvalue weighted by molar-refractivity contribution is 8.01. The molecule has 3 rings (SSSR count). The molecule has 166 valence electrons. The van der Waals surface area contributed by atoms with Gasteiger partial charge in [-0.25, -0.2) is 4.98 Å². The van der Waals surface area contributed by atoms with Crippen LogP contribution in [0.15, 0.2) is 34.0 Å². The van der Waals surface area contributed by atoms with Gasteiger partial charge in [-0.3, -0.25) is 14.4 Å². The molecule has 1 heterocycles. The molecule has 9 heteroatoms. The number of aromatic nitrogens is 1. The lowest BCUT2D eigenvalue weighted by Crippen LogP contribution is -2.35. The zero-order valence-electron chi connectivity index (χ0n) is 17.6. The average Bonchev–Trinajstić information content (AvgIpc) is 2.99. The number of hydrogen-bond donors (Lipinski definition) is 3. The molecule has 1 aliphatic carbocycles. The summed E-state index contributed by atoms with van der Waals surface area (Å²) < 4.78 is 0.763. The Bertz CT molecular complexity index is 908. The number of nitrogens with one attached hydrogen (secondary N) is 3. The van der Waals surface area contributed by atoms with Crippen molar-refractivity contribution < 1.29 is 14.4 Å². The van der Waals surface area contributed by atoms with Crippen LogP contribution in [0.2, 0.25) is 0 Å². The minimum absolute atomic E-state index is 0.0190. The highest BCUT2D eigenvalue weighted by Crippen LogP contribution is 2.24. The van der Waals surface area contributed by atoms with Gasteiger partial charge in [0.2, 0.25) is 17.7 Å². The minimum Gasteiger partial charge on any atom is -0.353 e. The Kier molecular flexibility index (Phi) is 8.90. The van der Waals surface area contributed by atoms with Crippen molar-refractivity contribution in [3.8, 4) is 0 Å². The smallest absolute Gasteiger partial charge is 0.234 e. The lowest BCUT2D eigenvalue weighted by Gasteiger charge is -2.15. The Morgan fingerprint density at radius 1 is 1.06 bits per heavy atom. The summed E-state index contributed by atoms with van der Waals surface area (Å²) >= 11 is 2.79.